The summed E-state index contributed by atoms with van der Waals surface area (Å²) in [5, 5.41) is 0. The van der Waals surface area contributed by atoms with Crippen LogP contribution >= 0.6 is 0 Å². The first kappa shape index (κ1) is 10.6. The van der Waals surface area contributed by atoms with E-state index in [1.807, 2.05) is 0 Å². The van der Waals surface area contributed by atoms with Gasteiger partial charge in [0.15, 0.2) is 0 Å². The van der Waals surface area contributed by atoms with Gasteiger partial charge in [-0.3, -0.25) is 4.79 Å². The smallest absolute Gasteiger partial charge is 0.226 e. The van der Waals surface area contributed by atoms with Gasteiger partial charge in [-0.15, -0.1) is 0 Å². The molecule has 90 valence electrons. The molecule has 0 spiro atoms. The van der Waals surface area contributed by atoms with E-state index in [4.69, 9.17) is 5.73 Å². The third kappa shape index (κ3) is 1.48. The van der Waals surface area contributed by atoms with Crippen LogP contribution in [-0.2, 0) is 4.79 Å². The quantitative estimate of drug-likeness (QED) is 0.725. The molecule has 16 heavy (non-hydrogen) atoms. The fourth-order valence-corrected chi connectivity index (χ4v) is 3.60. The molecule has 0 unspecified atom stereocenters. The molecule has 3 rings (SSSR count). The molecule has 3 heteroatoms. The molecule has 2 N–H and O–H groups in total. The van der Waals surface area contributed by atoms with Gasteiger partial charge in [-0.25, -0.2) is 0 Å². The van der Waals surface area contributed by atoms with E-state index in [2.05, 4.69) is 18.7 Å². The molecule has 1 saturated heterocycles. The monoisotopic (exact) mass is 222 g/mol. The zero-order valence-corrected chi connectivity index (χ0v) is 10.3. The van der Waals surface area contributed by atoms with Crippen LogP contribution in [0.5, 0.6) is 0 Å². The molecule has 3 fully saturated rings. The zero-order chi connectivity index (χ0) is 11.5. The number of nitrogens with two attached hydrogens (primary N) is 1. The van der Waals surface area contributed by atoms with Crippen molar-refractivity contribution in [3.05, 3.63) is 0 Å². The number of carbonyl (C=O) groups is 1. The van der Waals surface area contributed by atoms with Crippen LogP contribution in [0.3, 0.4) is 0 Å². The molecule has 1 aliphatic heterocycles. The summed E-state index contributed by atoms with van der Waals surface area (Å²) < 4.78 is 0. The number of amides is 1. The van der Waals surface area contributed by atoms with E-state index in [0.29, 0.717) is 29.7 Å². The minimum Gasteiger partial charge on any atom is -0.342 e. The van der Waals surface area contributed by atoms with E-state index in [1.54, 1.807) is 0 Å². The molecule has 1 heterocycles. The Bertz CT molecular complexity index is 326. The highest BCUT2D eigenvalue weighted by Crippen LogP contribution is 2.53. The van der Waals surface area contributed by atoms with Crippen LogP contribution in [0.1, 0.15) is 33.1 Å². The number of likely N-dealkylation sites (tertiary alicyclic amines) is 1. The van der Waals surface area contributed by atoms with Gasteiger partial charge in [-0.1, -0.05) is 13.8 Å². The molecule has 0 bridgehead atoms. The molecule has 0 aromatic heterocycles. The van der Waals surface area contributed by atoms with Gasteiger partial charge in [-0.2, -0.15) is 0 Å². The van der Waals surface area contributed by atoms with Crippen LogP contribution in [0.25, 0.3) is 0 Å². The predicted octanol–water partition coefficient (Wildman–Crippen LogP) is 1.23. The van der Waals surface area contributed by atoms with Crippen LogP contribution < -0.4 is 5.73 Å². The van der Waals surface area contributed by atoms with E-state index < -0.39 is 0 Å². The maximum Gasteiger partial charge on any atom is 0.226 e. The van der Waals surface area contributed by atoms with Crippen LogP contribution in [0.2, 0.25) is 0 Å². The van der Waals surface area contributed by atoms with Crippen molar-refractivity contribution in [2.75, 3.05) is 13.1 Å². The summed E-state index contributed by atoms with van der Waals surface area (Å²) in [6.07, 6.45) is 3.46. The van der Waals surface area contributed by atoms with Gasteiger partial charge < -0.3 is 10.6 Å². The van der Waals surface area contributed by atoms with Crippen LogP contribution in [0.15, 0.2) is 0 Å². The highest BCUT2D eigenvalue weighted by Gasteiger charge is 2.54. The summed E-state index contributed by atoms with van der Waals surface area (Å²) in [5.41, 5.74) is 6.35. The lowest BCUT2D eigenvalue weighted by molar-refractivity contribution is -0.132. The number of nitrogens with zero attached hydrogens (tertiary/aromatic N) is 1. The van der Waals surface area contributed by atoms with Crippen molar-refractivity contribution in [1.82, 2.24) is 4.90 Å². The van der Waals surface area contributed by atoms with E-state index in [-0.39, 0.29) is 5.41 Å². The lowest BCUT2D eigenvalue weighted by atomic mass is 9.98. The van der Waals surface area contributed by atoms with Crippen molar-refractivity contribution in [2.45, 2.75) is 39.2 Å². The molecule has 4 atom stereocenters. The topological polar surface area (TPSA) is 46.3 Å². The Morgan fingerprint density at radius 3 is 2.56 bits per heavy atom. The fourth-order valence-electron chi connectivity index (χ4n) is 3.60. The maximum absolute atomic E-state index is 12.2. The summed E-state index contributed by atoms with van der Waals surface area (Å²) in [7, 11) is 0. The first-order valence-corrected chi connectivity index (χ1v) is 6.53. The first-order chi connectivity index (χ1) is 7.49. The molecule has 2 saturated carbocycles. The van der Waals surface area contributed by atoms with Gasteiger partial charge in [0.05, 0.1) is 0 Å². The predicted molar refractivity (Wildman–Crippen MR) is 62.7 cm³/mol. The fraction of sp³-hybridized carbons (Fsp3) is 0.923. The van der Waals surface area contributed by atoms with E-state index in [9.17, 15) is 4.79 Å². The average Bonchev–Trinajstić information content (AvgIpc) is 2.63. The van der Waals surface area contributed by atoms with Crippen molar-refractivity contribution in [3.8, 4) is 0 Å². The molecule has 3 aliphatic rings. The highest BCUT2D eigenvalue weighted by molar-refractivity contribution is 5.82. The Morgan fingerprint density at radius 1 is 1.31 bits per heavy atom. The second kappa shape index (κ2) is 3.22. The SMILES string of the molecule is CC1(C)C[C@@H]1C(=O)N1C[C@@H]2CC[C@H](N)[C@@H]2C1. The van der Waals surface area contributed by atoms with Gasteiger partial charge in [0, 0.05) is 25.0 Å². The summed E-state index contributed by atoms with van der Waals surface area (Å²) in [6, 6.07) is 0.343. The Labute approximate surface area is 97.4 Å². The summed E-state index contributed by atoms with van der Waals surface area (Å²) in [5.74, 6) is 1.97. The summed E-state index contributed by atoms with van der Waals surface area (Å²) >= 11 is 0. The molecule has 2 aliphatic carbocycles. The zero-order valence-electron chi connectivity index (χ0n) is 10.3. The standard InChI is InChI=1S/C13H22N2O/c1-13(2)5-10(13)12(16)15-6-8-3-4-11(14)9(8)7-15/h8-11H,3-7,14H2,1-2H3/t8-,9+,10+,11-/m0/s1. The number of carbonyl (C=O) groups excluding carboxylic acids is 1. The van der Waals surface area contributed by atoms with E-state index >= 15 is 0 Å². The summed E-state index contributed by atoms with van der Waals surface area (Å²) in [4.78, 5) is 14.3. The second-order valence-electron chi connectivity index (χ2n) is 6.65. The lowest BCUT2D eigenvalue weighted by Gasteiger charge is -2.19. The molecular formula is C13H22N2O. The Hall–Kier alpha value is -0.570. The average molecular weight is 222 g/mol. The second-order valence-corrected chi connectivity index (χ2v) is 6.65. The lowest BCUT2D eigenvalue weighted by Crippen LogP contribution is -2.35. The van der Waals surface area contributed by atoms with Gasteiger partial charge >= 0.3 is 0 Å². The Morgan fingerprint density at radius 2 is 2.00 bits per heavy atom. The van der Waals surface area contributed by atoms with Crippen molar-refractivity contribution in [2.24, 2.45) is 28.9 Å². The Kier molecular flexibility index (Phi) is 2.13. The minimum atomic E-state index is 0.261. The van der Waals surface area contributed by atoms with Crippen molar-refractivity contribution >= 4 is 5.91 Å². The van der Waals surface area contributed by atoms with Gasteiger partial charge in [0.1, 0.15) is 0 Å². The molecule has 0 radical (unpaired) electrons. The number of rotatable bonds is 1. The van der Waals surface area contributed by atoms with Crippen LogP contribution in [-0.4, -0.2) is 29.9 Å². The van der Waals surface area contributed by atoms with Gasteiger partial charge in [0.2, 0.25) is 5.91 Å². The maximum atomic E-state index is 12.2. The van der Waals surface area contributed by atoms with E-state index in [1.165, 1.54) is 6.42 Å². The highest BCUT2D eigenvalue weighted by atomic mass is 16.2. The van der Waals surface area contributed by atoms with Gasteiger partial charge in [-0.05, 0) is 36.5 Å². The van der Waals surface area contributed by atoms with Gasteiger partial charge in [0.25, 0.3) is 0 Å². The van der Waals surface area contributed by atoms with Crippen LogP contribution in [0, 0.1) is 23.2 Å². The molecule has 0 aromatic rings. The molecular weight excluding hydrogens is 200 g/mol. The summed E-state index contributed by atoms with van der Waals surface area (Å²) in [6.45, 7) is 6.29. The normalized spacial score (nSPS) is 44.6. The van der Waals surface area contributed by atoms with E-state index in [0.717, 1.165) is 25.9 Å². The number of fused-ring (bicyclic) bond motifs is 1. The third-order valence-electron chi connectivity index (χ3n) is 5.04. The van der Waals surface area contributed by atoms with Crippen molar-refractivity contribution < 1.29 is 4.79 Å². The number of hydrogen-bond acceptors (Lipinski definition) is 2. The van der Waals surface area contributed by atoms with Crippen molar-refractivity contribution in [1.29, 1.82) is 0 Å². The molecule has 3 nitrogen and oxygen atoms in total. The van der Waals surface area contributed by atoms with Crippen molar-refractivity contribution in [3.63, 3.8) is 0 Å². The Balaban J connectivity index is 1.64. The third-order valence-corrected chi connectivity index (χ3v) is 5.04. The molecule has 0 aromatic carbocycles. The largest absolute Gasteiger partial charge is 0.342 e. The molecule has 1 amide bonds. The first-order valence-electron chi connectivity index (χ1n) is 6.53. The minimum absolute atomic E-state index is 0.261. The van der Waals surface area contributed by atoms with Crippen LogP contribution in [0.4, 0.5) is 0 Å². The number of hydrogen-bond donors (Lipinski definition) is 1.